The van der Waals surface area contributed by atoms with Gasteiger partial charge < -0.3 is 51.5 Å². The number of carbonyl (C=O) groups is 7. The molecule has 49 heavy (non-hydrogen) atoms. The zero-order valence-corrected chi connectivity index (χ0v) is 27.7. The van der Waals surface area contributed by atoms with Crippen molar-refractivity contribution < 1.29 is 48.6 Å². The predicted molar refractivity (Wildman–Crippen MR) is 170 cm³/mol. The average molecular weight is 692 g/mol. The lowest BCUT2D eigenvalue weighted by Gasteiger charge is -2.34. The van der Waals surface area contributed by atoms with E-state index in [0.717, 1.165) is 6.42 Å². The molecule has 7 N–H and O–H groups in total. The highest BCUT2D eigenvalue weighted by Gasteiger charge is 2.45. The Kier molecular flexibility index (Phi) is 13.4. The van der Waals surface area contributed by atoms with Crippen LogP contribution in [0.3, 0.4) is 0 Å². The number of nitrogens with one attached hydrogen (secondary N) is 5. The van der Waals surface area contributed by atoms with Gasteiger partial charge in [-0.1, -0.05) is 0 Å². The Labute approximate surface area is 284 Å². The van der Waals surface area contributed by atoms with E-state index in [9.17, 15) is 48.6 Å². The number of hydrogen-bond donors (Lipinski definition) is 7. The Hall–Kier alpha value is -4.16. The first-order chi connectivity index (χ1) is 23.5. The van der Waals surface area contributed by atoms with Gasteiger partial charge in [-0.15, -0.1) is 0 Å². The molecule has 0 aromatic rings. The predicted octanol–water partition coefficient (Wildman–Crippen LogP) is -4.60. The largest absolute Gasteiger partial charge is 0.394 e. The van der Waals surface area contributed by atoms with Crippen LogP contribution in [0.2, 0.25) is 0 Å². The summed E-state index contributed by atoms with van der Waals surface area (Å²) in [5, 5.41) is 31.6. The summed E-state index contributed by atoms with van der Waals surface area (Å²) in [6, 6.07) is -6.59. The van der Waals surface area contributed by atoms with Crippen LogP contribution in [0.5, 0.6) is 0 Å². The Bertz CT molecular complexity index is 1280. The van der Waals surface area contributed by atoms with Gasteiger partial charge in [0.25, 0.3) is 0 Å². The minimum atomic E-state index is -1.50. The van der Waals surface area contributed by atoms with Crippen molar-refractivity contribution in [3.05, 3.63) is 0 Å². The number of carbonyl (C=O) groups excluding carboxylic acids is 8. The zero-order valence-electron chi connectivity index (χ0n) is 27.7. The Morgan fingerprint density at radius 2 is 1.35 bits per heavy atom. The quantitative estimate of drug-likeness (QED) is 0.0914. The number of aliphatic hydroxyl groups excluding tert-OH is 2. The molecular weight excluding hydrogens is 644 g/mol. The van der Waals surface area contributed by atoms with Crippen LogP contribution in [0.1, 0.15) is 58.3 Å². The lowest BCUT2D eigenvalue weighted by atomic mass is 10.1. The zero-order chi connectivity index (χ0) is 35.7. The molecular formula is C31H47N8O10. The number of aliphatic hydroxyl groups is 2. The molecule has 0 aliphatic carbocycles. The van der Waals surface area contributed by atoms with Crippen LogP contribution < -0.4 is 26.6 Å². The first-order valence-corrected chi connectivity index (χ1v) is 16.9. The van der Waals surface area contributed by atoms with E-state index in [1.807, 2.05) is 6.29 Å². The van der Waals surface area contributed by atoms with Crippen molar-refractivity contribution in [2.24, 2.45) is 0 Å². The van der Waals surface area contributed by atoms with Crippen molar-refractivity contribution in [2.45, 2.75) is 101 Å². The molecule has 0 spiro atoms. The van der Waals surface area contributed by atoms with Crippen molar-refractivity contribution in [1.29, 1.82) is 0 Å². The molecule has 4 heterocycles. The van der Waals surface area contributed by atoms with E-state index in [0.29, 0.717) is 64.6 Å². The summed E-state index contributed by atoms with van der Waals surface area (Å²) >= 11 is 0. The van der Waals surface area contributed by atoms with E-state index in [-0.39, 0.29) is 18.4 Å². The number of likely N-dealkylation sites (tertiary alicyclic amines) is 3. The number of hydrogen-bond acceptors (Lipinski definition) is 11. The molecule has 18 nitrogen and oxygen atoms in total. The SMILES string of the molecule is C[C@H](NC(=O)CNC(=O)[C@H](CO)NC(=O)[C@H](CO)NC(=O)[C@@H]1CCCN1)C(=O)N1CCC[C@H]1C(=O)N1CCC[C@H]1C(=O)N1CCC[C@H]1[C]=O. The second-order valence-corrected chi connectivity index (χ2v) is 12.8. The van der Waals surface area contributed by atoms with Gasteiger partial charge in [-0.2, -0.15) is 0 Å². The fraction of sp³-hybridized carbons (Fsp3) is 0.742. The van der Waals surface area contributed by atoms with Crippen molar-refractivity contribution in [3.8, 4) is 0 Å². The molecule has 4 saturated heterocycles. The highest BCUT2D eigenvalue weighted by atomic mass is 16.3. The van der Waals surface area contributed by atoms with Gasteiger partial charge in [0.05, 0.1) is 31.8 Å². The van der Waals surface area contributed by atoms with Crippen LogP contribution in [-0.2, 0) is 38.4 Å². The van der Waals surface area contributed by atoms with Crippen LogP contribution in [0.25, 0.3) is 0 Å². The van der Waals surface area contributed by atoms with Gasteiger partial charge in [-0.3, -0.25) is 38.4 Å². The third-order valence-electron chi connectivity index (χ3n) is 9.49. The molecule has 0 bridgehead atoms. The molecule has 7 atom stereocenters. The molecule has 7 amide bonds. The van der Waals surface area contributed by atoms with Crippen LogP contribution in [-0.4, -0.2) is 161 Å². The minimum Gasteiger partial charge on any atom is -0.394 e. The van der Waals surface area contributed by atoms with E-state index in [4.69, 9.17) is 0 Å². The summed E-state index contributed by atoms with van der Waals surface area (Å²) in [5.41, 5.74) is 0. The highest BCUT2D eigenvalue weighted by Crippen LogP contribution is 2.28. The molecule has 1 radical (unpaired) electrons. The molecule has 0 aromatic carbocycles. The standard InChI is InChI=1S/C31H47N8O10/c1-18(34-25(43)14-33-26(44)21(16-41)35-28(46)22(17-42)36-27(45)20-7-2-10-32-20)29(47)38-12-4-9-24(38)31(49)39-13-5-8-23(39)30(48)37-11-3-6-19(37)15-40/h18-24,32,41-42H,2-14,16-17H2,1H3,(H,33,44)(H,34,43)(H,35,46)(H,36,45)/t18-,19-,20-,21-,22-,23-,24-/m0/s1. The van der Waals surface area contributed by atoms with Crippen molar-refractivity contribution in [1.82, 2.24) is 41.3 Å². The summed E-state index contributed by atoms with van der Waals surface area (Å²) in [5.74, 6) is -4.22. The minimum absolute atomic E-state index is 0.275. The third-order valence-corrected chi connectivity index (χ3v) is 9.49. The monoisotopic (exact) mass is 691 g/mol. The first kappa shape index (κ1) is 37.7. The maximum absolute atomic E-state index is 13.7. The van der Waals surface area contributed by atoms with Gasteiger partial charge in [0, 0.05) is 19.6 Å². The van der Waals surface area contributed by atoms with Gasteiger partial charge in [0.15, 0.2) is 0 Å². The van der Waals surface area contributed by atoms with E-state index in [1.54, 1.807) is 0 Å². The van der Waals surface area contributed by atoms with Crippen molar-refractivity contribution >= 4 is 47.6 Å². The molecule has 18 heteroatoms. The first-order valence-electron chi connectivity index (χ1n) is 16.9. The summed E-state index contributed by atoms with van der Waals surface area (Å²) in [4.78, 5) is 106. The molecule has 4 fully saturated rings. The summed E-state index contributed by atoms with van der Waals surface area (Å²) < 4.78 is 0. The lowest BCUT2D eigenvalue weighted by Crippen LogP contribution is -2.58. The van der Waals surface area contributed by atoms with Crippen LogP contribution in [0.15, 0.2) is 0 Å². The second kappa shape index (κ2) is 17.5. The second-order valence-electron chi connectivity index (χ2n) is 12.8. The number of nitrogens with zero attached hydrogens (tertiary/aromatic N) is 3. The highest BCUT2D eigenvalue weighted by molar-refractivity contribution is 5.97. The van der Waals surface area contributed by atoms with E-state index in [2.05, 4.69) is 26.6 Å². The summed E-state index contributed by atoms with van der Waals surface area (Å²) in [6.07, 6.45) is 6.50. The maximum atomic E-state index is 13.7. The van der Waals surface area contributed by atoms with Crippen LogP contribution in [0.4, 0.5) is 0 Å². The topological polar surface area (TPSA) is 247 Å². The normalized spacial score (nSPS) is 25.3. The summed E-state index contributed by atoms with van der Waals surface area (Å²) in [7, 11) is 0. The Balaban J connectivity index is 1.25. The van der Waals surface area contributed by atoms with Gasteiger partial charge >= 0.3 is 0 Å². The Morgan fingerprint density at radius 1 is 0.755 bits per heavy atom. The maximum Gasteiger partial charge on any atom is 0.246 e. The van der Waals surface area contributed by atoms with Gasteiger partial charge in [-0.05, 0) is 64.8 Å². The number of rotatable bonds is 14. The summed E-state index contributed by atoms with van der Waals surface area (Å²) in [6.45, 7) is 0.944. The van der Waals surface area contributed by atoms with Crippen LogP contribution in [0, 0.1) is 0 Å². The Morgan fingerprint density at radius 3 is 1.98 bits per heavy atom. The van der Waals surface area contributed by atoms with E-state index >= 15 is 0 Å². The smallest absolute Gasteiger partial charge is 0.246 e. The fourth-order valence-corrected chi connectivity index (χ4v) is 6.85. The third kappa shape index (κ3) is 9.10. The molecule has 4 aliphatic rings. The van der Waals surface area contributed by atoms with Crippen molar-refractivity contribution in [2.75, 3.05) is 45.9 Å². The van der Waals surface area contributed by atoms with E-state index < -0.39 is 91.6 Å². The molecule has 4 rings (SSSR count). The van der Waals surface area contributed by atoms with Crippen LogP contribution >= 0.6 is 0 Å². The molecule has 0 aromatic heterocycles. The van der Waals surface area contributed by atoms with Gasteiger partial charge in [0.2, 0.25) is 47.6 Å². The molecule has 271 valence electrons. The fourth-order valence-electron chi connectivity index (χ4n) is 6.85. The molecule has 4 aliphatic heterocycles. The van der Waals surface area contributed by atoms with Gasteiger partial charge in [0.1, 0.15) is 30.2 Å². The molecule has 0 saturated carbocycles. The molecule has 0 unspecified atom stereocenters. The van der Waals surface area contributed by atoms with E-state index in [1.165, 1.54) is 21.6 Å². The average Bonchev–Trinajstić information content (AvgIpc) is 3.93. The van der Waals surface area contributed by atoms with Crippen molar-refractivity contribution in [3.63, 3.8) is 0 Å². The van der Waals surface area contributed by atoms with Gasteiger partial charge in [-0.25, -0.2) is 0 Å². The lowest BCUT2D eigenvalue weighted by molar-refractivity contribution is -0.149. The number of amides is 7.